The molecule has 1 N–H and O–H groups in total. The Morgan fingerprint density at radius 3 is 2.17 bits per heavy atom. The van der Waals surface area contributed by atoms with Crippen LogP contribution in [0.1, 0.15) is 19.4 Å². The van der Waals surface area contributed by atoms with E-state index in [9.17, 15) is 13.2 Å². The van der Waals surface area contributed by atoms with Crippen molar-refractivity contribution in [2.75, 3.05) is 35.9 Å². The fourth-order valence-electron chi connectivity index (χ4n) is 3.62. The van der Waals surface area contributed by atoms with Crippen LogP contribution in [0.2, 0.25) is 5.02 Å². The molecule has 0 unspecified atom stereocenters. The molecule has 7 nitrogen and oxygen atoms in total. The highest BCUT2D eigenvalue weighted by Crippen LogP contribution is 2.27. The quantitative estimate of drug-likeness (QED) is 0.400. The maximum absolute atomic E-state index is 13.5. The highest BCUT2D eigenvalue weighted by atomic mass is 35.5. The lowest BCUT2D eigenvalue weighted by molar-refractivity contribution is -0.119. The number of nitrogens with one attached hydrogen (secondary N) is 1. The molecule has 0 bridgehead atoms. The predicted octanol–water partition coefficient (Wildman–Crippen LogP) is 4.71. The summed E-state index contributed by atoms with van der Waals surface area (Å²) >= 11 is 6.12. The summed E-state index contributed by atoms with van der Waals surface area (Å²) in [6.45, 7) is 5.91. The van der Waals surface area contributed by atoms with Crippen molar-refractivity contribution < 1.29 is 17.9 Å². The van der Waals surface area contributed by atoms with Crippen LogP contribution in [-0.4, -0.2) is 41.1 Å². The van der Waals surface area contributed by atoms with E-state index < -0.39 is 22.5 Å². The second-order valence-electron chi connectivity index (χ2n) is 7.78. The molecule has 0 aliphatic carbocycles. The number of hydrogen-bond donors (Lipinski definition) is 1. The van der Waals surface area contributed by atoms with Crippen LogP contribution in [0.5, 0.6) is 5.75 Å². The standard InChI is InChI=1S/C26H30ClN3O4S/c1-4-29(5-2)22-11-9-20(10-12-22)18-28-26(31)19-30(23-8-6-7-21(27)17-23)35(32,33)25-15-13-24(34-3)14-16-25/h6-17H,4-5,18-19H2,1-3H3,(H,28,31). The van der Waals surface area contributed by atoms with Crippen molar-refractivity contribution in [2.24, 2.45) is 0 Å². The molecular weight excluding hydrogens is 486 g/mol. The molecule has 0 spiro atoms. The molecule has 9 heteroatoms. The van der Waals surface area contributed by atoms with Gasteiger partial charge in [-0.25, -0.2) is 8.42 Å². The number of nitrogens with zero attached hydrogens (tertiary/aromatic N) is 2. The zero-order chi connectivity index (χ0) is 25.4. The van der Waals surface area contributed by atoms with Crippen molar-refractivity contribution >= 4 is 38.9 Å². The fourth-order valence-corrected chi connectivity index (χ4v) is 5.22. The van der Waals surface area contributed by atoms with E-state index in [1.165, 1.54) is 25.3 Å². The van der Waals surface area contributed by atoms with Crippen molar-refractivity contribution in [3.63, 3.8) is 0 Å². The number of carbonyl (C=O) groups excluding carboxylic acids is 1. The molecule has 0 aromatic heterocycles. The summed E-state index contributed by atoms with van der Waals surface area (Å²) in [6, 6.07) is 20.4. The van der Waals surface area contributed by atoms with Crippen LogP contribution in [0, 0.1) is 0 Å². The topological polar surface area (TPSA) is 79.0 Å². The molecule has 3 aromatic rings. The molecule has 0 aliphatic rings. The monoisotopic (exact) mass is 515 g/mol. The number of amides is 1. The molecular formula is C26H30ClN3O4S. The Kier molecular flexibility index (Phi) is 9.01. The van der Waals surface area contributed by atoms with Gasteiger partial charge in [-0.3, -0.25) is 9.10 Å². The number of benzene rings is 3. The third-order valence-corrected chi connectivity index (χ3v) is 7.61. The van der Waals surface area contributed by atoms with Gasteiger partial charge in [-0.1, -0.05) is 29.8 Å². The molecule has 0 fully saturated rings. The average Bonchev–Trinajstić information content (AvgIpc) is 2.87. The summed E-state index contributed by atoms with van der Waals surface area (Å²) in [4.78, 5) is 15.1. The second kappa shape index (κ2) is 12.0. The van der Waals surface area contributed by atoms with Gasteiger partial charge < -0.3 is 15.0 Å². The molecule has 3 aromatic carbocycles. The summed E-state index contributed by atoms with van der Waals surface area (Å²) in [7, 11) is -2.54. The highest BCUT2D eigenvalue weighted by molar-refractivity contribution is 7.92. The first-order valence-corrected chi connectivity index (χ1v) is 13.1. The number of methoxy groups -OCH3 is 1. The lowest BCUT2D eigenvalue weighted by Gasteiger charge is -2.24. The van der Waals surface area contributed by atoms with E-state index in [2.05, 4.69) is 24.1 Å². The van der Waals surface area contributed by atoms with E-state index in [1.54, 1.807) is 30.3 Å². The summed E-state index contributed by atoms with van der Waals surface area (Å²) < 4.78 is 33.1. The third kappa shape index (κ3) is 6.68. The number of sulfonamides is 1. The lowest BCUT2D eigenvalue weighted by Crippen LogP contribution is -2.40. The van der Waals surface area contributed by atoms with Crippen LogP contribution >= 0.6 is 11.6 Å². The van der Waals surface area contributed by atoms with Crippen LogP contribution in [0.25, 0.3) is 0 Å². The zero-order valence-electron chi connectivity index (χ0n) is 20.1. The van der Waals surface area contributed by atoms with Crippen molar-refractivity contribution in [3.8, 4) is 5.75 Å². The van der Waals surface area contributed by atoms with Crippen LogP contribution in [-0.2, 0) is 21.4 Å². The van der Waals surface area contributed by atoms with Gasteiger partial charge in [0.05, 0.1) is 17.7 Å². The summed E-state index contributed by atoms with van der Waals surface area (Å²) in [5.41, 5.74) is 2.33. The van der Waals surface area contributed by atoms with E-state index in [-0.39, 0.29) is 11.4 Å². The number of carbonyl (C=O) groups is 1. The minimum absolute atomic E-state index is 0.0399. The van der Waals surface area contributed by atoms with Crippen molar-refractivity contribution in [1.82, 2.24) is 5.32 Å². The first-order chi connectivity index (χ1) is 16.8. The average molecular weight is 516 g/mol. The Bertz CT molecular complexity index is 1230. The first kappa shape index (κ1) is 26.4. The molecule has 0 atom stereocenters. The molecule has 0 saturated carbocycles. The van der Waals surface area contributed by atoms with Gasteiger partial charge in [0.2, 0.25) is 5.91 Å². The molecule has 186 valence electrons. The number of rotatable bonds is 11. The number of halogens is 1. The minimum atomic E-state index is -4.04. The van der Waals surface area contributed by atoms with Gasteiger partial charge in [-0.15, -0.1) is 0 Å². The normalized spacial score (nSPS) is 11.1. The minimum Gasteiger partial charge on any atom is -0.497 e. The second-order valence-corrected chi connectivity index (χ2v) is 10.1. The Hall–Kier alpha value is -3.23. The van der Waals surface area contributed by atoms with Crippen LogP contribution in [0.4, 0.5) is 11.4 Å². The van der Waals surface area contributed by atoms with E-state index >= 15 is 0 Å². The maximum Gasteiger partial charge on any atom is 0.264 e. The smallest absolute Gasteiger partial charge is 0.264 e. The van der Waals surface area contributed by atoms with Crippen LogP contribution in [0.15, 0.2) is 77.7 Å². The predicted molar refractivity (Wildman–Crippen MR) is 141 cm³/mol. The van der Waals surface area contributed by atoms with Crippen LogP contribution in [0.3, 0.4) is 0 Å². The third-order valence-electron chi connectivity index (χ3n) is 5.59. The van der Waals surface area contributed by atoms with Crippen molar-refractivity contribution in [1.29, 1.82) is 0 Å². The molecule has 0 radical (unpaired) electrons. The van der Waals surface area contributed by atoms with E-state index in [4.69, 9.17) is 16.3 Å². The number of anilines is 2. The highest BCUT2D eigenvalue weighted by Gasteiger charge is 2.27. The van der Waals surface area contributed by atoms with Crippen LogP contribution < -0.4 is 19.3 Å². The Balaban J connectivity index is 1.78. The van der Waals surface area contributed by atoms with Crippen molar-refractivity contribution in [3.05, 3.63) is 83.4 Å². The van der Waals surface area contributed by atoms with Gasteiger partial charge in [0.25, 0.3) is 10.0 Å². The largest absolute Gasteiger partial charge is 0.497 e. The molecule has 0 heterocycles. The van der Waals surface area contributed by atoms with E-state index in [0.717, 1.165) is 28.6 Å². The number of ether oxygens (including phenoxy) is 1. The molecule has 0 saturated heterocycles. The Morgan fingerprint density at radius 2 is 1.60 bits per heavy atom. The van der Waals surface area contributed by atoms with Gasteiger partial charge in [0.15, 0.2) is 0 Å². The SMILES string of the molecule is CCN(CC)c1ccc(CNC(=O)CN(c2cccc(Cl)c2)S(=O)(=O)c2ccc(OC)cc2)cc1. The first-order valence-electron chi connectivity index (χ1n) is 11.3. The molecule has 35 heavy (non-hydrogen) atoms. The molecule has 1 amide bonds. The van der Waals surface area contributed by atoms with Crippen molar-refractivity contribution in [2.45, 2.75) is 25.3 Å². The van der Waals surface area contributed by atoms with Gasteiger partial charge in [0, 0.05) is 30.3 Å². The Labute approximate surface area is 212 Å². The molecule has 3 rings (SSSR count). The van der Waals surface area contributed by atoms with E-state index in [0.29, 0.717) is 16.5 Å². The zero-order valence-corrected chi connectivity index (χ0v) is 21.6. The summed E-state index contributed by atoms with van der Waals surface area (Å²) in [5.74, 6) is 0.0953. The Morgan fingerprint density at radius 1 is 0.943 bits per heavy atom. The van der Waals surface area contributed by atoms with Gasteiger partial charge in [-0.2, -0.15) is 0 Å². The van der Waals surface area contributed by atoms with Gasteiger partial charge >= 0.3 is 0 Å². The lowest BCUT2D eigenvalue weighted by atomic mass is 10.2. The van der Waals surface area contributed by atoms with E-state index in [1.807, 2.05) is 24.3 Å². The maximum atomic E-state index is 13.5. The fraction of sp³-hybridized carbons (Fsp3) is 0.269. The number of hydrogen-bond acceptors (Lipinski definition) is 5. The summed E-state index contributed by atoms with van der Waals surface area (Å²) in [5, 5.41) is 3.19. The summed E-state index contributed by atoms with van der Waals surface area (Å²) in [6.07, 6.45) is 0. The molecule has 0 aliphatic heterocycles. The van der Waals surface area contributed by atoms with Gasteiger partial charge in [-0.05, 0) is 74.0 Å². The van der Waals surface area contributed by atoms with Gasteiger partial charge in [0.1, 0.15) is 12.3 Å².